The van der Waals surface area contributed by atoms with Crippen LogP contribution in [0.5, 0.6) is 0 Å². The van der Waals surface area contributed by atoms with E-state index in [1.54, 1.807) is 0 Å². The molecular formula is C13H24N2O2. The molecule has 0 radical (unpaired) electrons. The molecule has 1 heterocycles. The highest BCUT2D eigenvalue weighted by atomic mass is 16.5. The minimum atomic E-state index is -0.0965. The van der Waals surface area contributed by atoms with Crippen molar-refractivity contribution in [1.82, 2.24) is 10.2 Å². The summed E-state index contributed by atoms with van der Waals surface area (Å²) in [6.45, 7) is 5.62. The van der Waals surface area contributed by atoms with E-state index in [-0.39, 0.29) is 12.0 Å². The van der Waals surface area contributed by atoms with Crippen LogP contribution in [0.4, 0.5) is 0 Å². The van der Waals surface area contributed by atoms with Gasteiger partial charge in [0.05, 0.1) is 7.11 Å². The van der Waals surface area contributed by atoms with E-state index in [0.717, 1.165) is 19.4 Å². The average molecular weight is 240 g/mol. The zero-order chi connectivity index (χ0) is 12.3. The summed E-state index contributed by atoms with van der Waals surface area (Å²) in [7, 11) is 1.48. The highest BCUT2D eigenvalue weighted by molar-refractivity contribution is 5.76. The number of nitrogens with one attached hydrogen (secondary N) is 1. The van der Waals surface area contributed by atoms with E-state index in [1.165, 1.54) is 33.0 Å². The van der Waals surface area contributed by atoms with Crippen LogP contribution in [0, 0.1) is 5.92 Å². The Labute approximate surface area is 104 Å². The Kier molecular flexibility index (Phi) is 4.40. The zero-order valence-electron chi connectivity index (χ0n) is 10.9. The largest absolute Gasteiger partial charge is 0.468 e. The maximum Gasteiger partial charge on any atom is 0.323 e. The van der Waals surface area contributed by atoms with E-state index < -0.39 is 0 Å². The fourth-order valence-corrected chi connectivity index (χ4v) is 2.66. The van der Waals surface area contributed by atoms with Crippen LogP contribution in [-0.4, -0.2) is 49.7 Å². The molecule has 2 rings (SSSR count). The number of esters is 1. The van der Waals surface area contributed by atoms with Gasteiger partial charge in [0.1, 0.15) is 6.04 Å². The van der Waals surface area contributed by atoms with Crippen LogP contribution in [0.1, 0.15) is 32.6 Å². The lowest BCUT2D eigenvalue weighted by molar-refractivity contribution is -0.144. The fraction of sp³-hybridized carbons (Fsp3) is 0.923. The van der Waals surface area contributed by atoms with Crippen molar-refractivity contribution in [2.45, 2.75) is 44.7 Å². The smallest absolute Gasteiger partial charge is 0.323 e. The molecule has 4 heteroatoms. The number of hydrogen-bond donors (Lipinski definition) is 1. The summed E-state index contributed by atoms with van der Waals surface area (Å²) in [6, 6.07) is 0.274. The van der Waals surface area contributed by atoms with Crippen LogP contribution in [0.3, 0.4) is 0 Å². The molecule has 0 aromatic carbocycles. The lowest BCUT2D eigenvalue weighted by Crippen LogP contribution is -2.48. The number of likely N-dealkylation sites (tertiary alicyclic amines) is 1. The van der Waals surface area contributed by atoms with E-state index >= 15 is 0 Å². The first-order chi connectivity index (χ1) is 8.20. The lowest BCUT2D eigenvalue weighted by Gasteiger charge is -2.25. The molecule has 1 aliphatic heterocycles. The second kappa shape index (κ2) is 5.83. The average Bonchev–Trinajstić information content (AvgIpc) is 3.04. The van der Waals surface area contributed by atoms with Gasteiger partial charge >= 0.3 is 5.97 Å². The summed E-state index contributed by atoms with van der Waals surface area (Å²) in [5.74, 6) is 0.407. The van der Waals surface area contributed by atoms with Gasteiger partial charge in [0.15, 0.2) is 0 Å². The Bertz CT molecular complexity index is 260. The van der Waals surface area contributed by atoms with Crippen molar-refractivity contribution in [2.24, 2.45) is 5.92 Å². The van der Waals surface area contributed by atoms with Crippen molar-refractivity contribution >= 4 is 5.97 Å². The first kappa shape index (κ1) is 12.8. The highest BCUT2D eigenvalue weighted by Gasteiger charge is 2.37. The number of carbonyl (C=O) groups excluding carboxylic acids is 1. The van der Waals surface area contributed by atoms with Crippen molar-refractivity contribution in [1.29, 1.82) is 0 Å². The Hall–Kier alpha value is -0.610. The molecule has 2 aliphatic rings. The molecule has 0 amide bonds. The molecule has 0 spiro atoms. The first-order valence-electron chi connectivity index (χ1n) is 6.77. The molecule has 98 valence electrons. The van der Waals surface area contributed by atoms with E-state index in [2.05, 4.69) is 17.1 Å². The molecule has 1 saturated heterocycles. The second-order valence-electron chi connectivity index (χ2n) is 5.41. The zero-order valence-corrected chi connectivity index (χ0v) is 10.9. The first-order valence-corrected chi connectivity index (χ1v) is 6.77. The molecule has 17 heavy (non-hydrogen) atoms. The van der Waals surface area contributed by atoms with E-state index in [0.29, 0.717) is 12.0 Å². The molecular weight excluding hydrogens is 216 g/mol. The molecule has 2 atom stereocenters. The molecule has 0 bridgehead atoms. The highest BCUT2D eigenvalue weighted by Crippen LogP contribution is 2.33. The van der Waals surface area contributed by atoms with Gasteiger partial charge in [-0.1, -0.05) is 0 Å². The standard InChI is InChI=1S/C13H24N2O2/c1-10(9-15-7-3-4-8-15)14-12(11-5-6-11)13(16)17-2/h10-12,14H,3-9H2,1-2H3. The van der Waals surface area contributed by atoms with Gasteiger partial charge < -0.3 is 15.0 Å². The van der Waals surface area contributed by atoms with Gasteiger partial charge in [-0.15, -0.1) is 0 Å². The van der Waals surface area contributed by atoms with Crippen LogP contribution >= 0.6 is 0 Å². The van der Waals surface area contributed by atoms with Gasteiger partial charge in [0.2, 0.25) is 0 Å². The fourth-order valence-electron chi connectivity index (χ4n) is 2.66. The summed E-state index contributed by atoms with van der Waals surface area (Å²) in [4.78, 5) is 14.1. The number of ether oxygens (including phenoxy) is 1. The number of carbonyl (C=O) groups is 1. The van der Waals surface area contributed by atoms with Crippen molar-refractivity contribution in [3.8, 4) is 0 Å². The Morgan fingerprint density at radius 3 is 2.59 bits per heavy atom. The van der Waals surface area contributed by atoms with Crippen molar-refractivity contribution in [3.63, 3.8) is 0 Å². The van der Waals surface area contributed by atoms with Gasteiger partial charge in [-0.3, -0.25) is 4.79 Å². The normalized spacial score (nSPS) is 24.6. The second-order valence-corrected chi connectivity index (χ2v) is 5.41. The third-order valence-corrected chi connectivity index (χ3v) is 3.74. The minimum Gasteiger partial charge on any atom is -0.468 e. The van der Waals surface area contributed by atoms with Gasteiger partial charge in [0.25, 0.3) is 0 Å². The molecule has 0 aromatic heterocycles. The molecule has 4 nitrogen and oxygen atoms in total. The summed E-state index contributed by atoms with van der Waals surface area (Å²) < 4.78 is 4.87. The Morgan fingerprint density at radius 2 is 2.06 bits per heavy atom. The quantitative estimate of drug-likeness (QED) is 0.704. The SMILES string of the molecule is COC(=O)C(NC(C)CN1CCCC1)C1CC1. The maximum atomic E-state index is 11.7. The lowest BCUT2D eigenvalue weighted by atomic mass is 10.1. The van der Waals surface area contributed by atoms with E-state index in [4.69, 9.17) is 4.74 Å². The van der Waals surface area contributed by atoms with Gasteiger partial charge in [-0.2, -0.15) is 0 Å². The van der Waals surface area contributed by atoms with Crippen LogP contribution in [-0.2, 0) is 9.53 Å². The number of hydrogen-bond acceptors (Lipinski definition) is 4. The topological polar surface area (TPSA) is 41.6 Å². The summed E-state index contributed by atoms with van der Waals surface area (Å²) >= 11 is 0. The summed E-state index contributed by atoms with van der Waals surface area (Å²) in [5, 5.41) is 3.44. The van der Waals surface area contributed by atoms with Crippen molar-refractivity contribution < 1.29 is 9.53 Å². The van der Waals surface area contributed by atoms with E-state index in [9.17, 15) is 4.79 Å². The Balaban J connectivity index is 1.77. The van der Waals surface area contributed by atoms with Crippen LogP contribution in [0.25, 0.3) is 0 Å². The predicted octanol–water partition coefficient (Wildman–Crippen LogP) is 1.01. The Morgan fingerprint density at radius 1 is 1.41 bits per heavy atom. The minimum absolute atomic E-state index is 0.0856. The van der Waals surface area contributed by atoms with Gasteiger partial charge in [-0.25, -0.2) is 0 Å². The third kappa shape index (κ3) is 3.68. The number of nitrogens with zero attached hydrogens (tertiary/aromatic N) is 1. The van der Waals surface area contributed by atoms with Crippen molar-refractivity contribution in [2.75, 3.05) is 26.7 Å². The van der Waals surface area contributed by atoms with Crippen LogP contribution in [0.15, 0.2) is 0 Å². The molecule has 2 fully saturated rings. The van der Waals surface area contributed by atoms with Gasteiger partial charge in [-0.05, 0) is 51.6 Å². The number of rotatable bonds is 6. The van der Waals surface area contributed by atoms with Gasteiger partial charge in [0, 0.05) is 12.6 Å². The number of methoxy groups -OCH3 is 1. The van der Waals surface area contributed by atoms with Crippen molar-refractivity contribution in [3.05, 3.63) is 0 Å². The molecule has 2 unspecified atom stereocenters. The van der Waals surface area contributed by atoms with Crippen LogP contribution < -0.4 is 5.32 Å². The summed E-state index contributed by atoms with van der Waals surface area (Å²) in [6.07, 6.45) is 4.94. The predicted molar refractivity (Wildman–Crippen MR) is 66.8 cm³/mol. The van der Waals surface area contributed by atoms with E-state index in [1.807, 2.05) is 0 Å². The molecule has 0 aromatic rings. The molecule has 1 aliphatic carbocycles. The maximum absolute atomic E-state index is 11.7. The molecule has 1 saturated carbocycles. The monoisotopic (exact) mass is 240 g/mol. The molecule has 1 N–H and O–H groups in total. The van der Waals surface area contributed by atoms with Crippen LogP contribution in [0.2, 0.25) is 0 Å². The summed E-state index contributed by atoms with van der Waals surface area (Å²) in [5.41, 5.74) is 0. The third-order valence-electron chi connectivity index (χ3n) is 3.74.